The van der Waals surface area contributed by atoms with E-state index in [2.05, 4.69) is 26.1 Å². The Bertz CT molecular complexity index is 962. The standard InChI is InChI=1S/C23H29N3O3/c1-23(2,3)18-10-8-16(9-11-18)20(27)24-19-14-17(15-25(4)22(19)29)21(28)26-12-6-5-7-13-26/h8-11,14-15H,5-7,12-13H2,1-4H3,(H,24,27). The van der Waals surface area contributed by atoms with Gasteiger partial charge in [-0.05, 0) is 48.4 Å². The van der Waals surface area contributed by atoms with Crippen molar-refractivity contribution in [2.75, 3.05) is 18.4 Å². The summed E-state index contributed by atoms with van der Waals surface area (Å²) in [5.41, 5.74) is 1.76. The van der Waals surface area contributed by atoms with Crippen molar-refractivity contribution in [1.82, 2.24) is 9.47 Å². The second kappa shape index (κ2) is 8.23. The van der Waals surface area contributed by atoms with Crippen LogP contribution in [0.25, 0.3) is 0 Å². The summed E-state index contributed by atoms with van der Waals surface area (Å²) in [6.45, 7) is 7.77. The summed E-state index contributed by atoms with van der Waals surface area (Å²) in [5, 5.41) is 2.68. The third-order valence-corrected chi connectivity index (χ3v) is 5.33. The first-order valence-corrected chi connectivity index (χ1v) is 10.1. The number of rotatable bonds is 3. The number of amides is 2. The number of pyridine rings is 1. The zero-order valence-corrected chi connectivity index (χ0v) is 17.6. The van der Waals surface area contributed by atoms with Crippen LogP contribution in [0.3, 0.4) is 0 Å². The van der Waals surface area contributed by atoms with E-state index in [1.807, 2.05) is 12.1 Å². The molecule has 2 aromatic rings. The number of hydrogen-bond acceptors (Lipinski definition) is 3. The van der Waals surface area contributed by atoms with Crippen LogP contribution in [0.15, 0.2) is 41.3 Å². The van der Waals surface area contributed by atoms with Crippen LogP contribution in [0.4, 0.5) is 5.69 Å². The Labute approximate surface area is 171 Å². The molecule has 1 saturated heterocycles. The molecule has 2 amide bonds. The number of benzene rings is 1. The Morgan fingerprint density at radius 3 is 2.17 bits per heavy atom. The van der Waals surface area contributed by atoms with E-state index in [0.29, 0.717) is 11.1 Å². The second-order valence-electron chi connectivity index (χ2n) is 8.69. The van der Waals surface area contributed by atoms with Crippen LogP contribution < -0.4 is 10.9 Å². The molecule has 3 rings (SSSR count). The molecule has 2 heterocycles. The lowest BCUT2D eigenvalue weighted by Gasteiger charge is -2.27. The number of carbonyl (C=O) groups excluding carboxylic acids is 2. The molecule has 154 valence electrons. The van der Waals surface area contributed by atoms with Crippen LogP contribution in [0, 0.1) is 0 Å². The summed E-state index contributed by atoms with van der Waals surface area (Å²) in [4.78, 5) is 39.8. The molecule has 1 aliphatic heterocycles. The summed E-state index contributed by atoms with van der Waals surface area (Å²) in [7, 11) is 1.59. The SMILES string of the molecule is Cn1cc(C(=O)N2CCCCC2)cc(NC(=O)c2ccc(C(C)(C)C)cc2)c1=O. The van der Waals surface area contributed by atoms with E-state index < -0.39 is 0 Å². The first-order chi connectivity index (χ1) is 13.7. The average Bonchev–Trinajstić information content (AvgIpc) is 2.70. The molecule has 0 unspecified atom stereocenters. The second-order valence-corrected chi connectivity index (χ2v) is 8.69. The van der Waals surface area contributed by atoms with Crippen LogP contribution in [0.2, 0.25) is 0 Å². The van der Waals surface area contributed by atoms with E-state index in [0.717, 1.165) is 37.9 Å². The largest absolute Gasteiger partial charge is 0.339 e. The molecule has 0 spiro atoms. The maximum absolute atomic E-state index is 12.8. The van der Waals surface area contributed by atoms with Crippen molar-refractivity contribution in [3.05, 3.63) is 63.6 Å². The quantitative estimate of drug-likeness (QED) is 0.864. The molecule has 6 nitrogen and oxygen atoms in total. The average molecular weight is 396 g/mol. The molecule has 1 fully saturated rings. The van der Waals surface area contributed by atoms with Gasteiger partial charge in [-0.15, -0.1) is 0 Å². The van der Waals surface area contributed by atoms with E-state index in [-0.39, 0.29) is 28.5 Å². The van der Waals surface area contributed by atoms with Gasteiger partial charge in [0.15, 0.2) is 0 Å². The number of nitrogens with one attached hydrogen (secondary N) is 1. The van der Waals surface area contributed by atoms with Crippen LogP contribution in [-0.4, -0.2) is 34.4 Å². The van der Waals surface area contributed by atoms with Crippen molar-refractivity contribution >= 4 is 17.5 Å². The van der Waals surface area contributed by atoms with Gasteiger partial charge in [-0.1, -0.05) is 32.9 Å². The number of anilines is 1. The van der Waals surface area contributed by atoms with E-state index in [9.17, 15) is 14.4 Å². The zero-order valence-electron chi connectivity index (χ0n) is 17.6. The molecule has 29 heavy (non-hydrogen) atoms. The molecular formula is C23H29N3O3. The highest BCUT2D eigenvalue weighted by Gasteiger charge is 2.21. The molecule has 0 aliphatic carbocycles. The fourth-order valence-electron chi connectivity index (χ4n) is 3.51. The number of carbonyl (C=O) groups is 2. The summed E-state index contributed by atoms with van der Waals surface area (Å²) < 4.78 is 1.34. The fraction of sp³-hybridized carbons (Fsp3) is 0.435. The van der Waals surface area contributed by atoms with E-state index in [1.165, 1.54) is 16.8 Å². The molecule has 0 saturated carbocycles. The highest BCUT2D eigenvalue weighted by molar-refractivity contribution is 6.05. The van der Waals surface area contributed by atoms with Gasteiger partial charge in [-0.3, -0.25) is 14.4 Å². The van der Waals surface area contributed by atoms with Crippen LogP contribution in [0.1, 0.15) is 66.3 Å². The Hall–Kier alpha value is -2.89. The summed E-state index contributed by atoms with van der Waals surface area (Å²) in [5.74, 6) is -0.476. The van der Waals surface area contributed by atoms with Crippen molar-refractivity contribution in [2.45, 2.75) is 45.4 Å². The van der Waals surface area contributed by atoms with Gasteiger partial charge in [0.1, 0.15) is 5.69 Å². The van der Waals surface area contributed by atoms with Crippen molar-refractivity contribution in [1.29, 1.82) is 0 Å². The topological polar surface area (TPSA) is 71.4 Å². The number of aromatic nitrogens is 1. The van der Waals surface area contributed by atoms with Gasteiger partial charge < -0.3 is 14.8 Å². The maximum atomic E-state index is 12.8. The Kier molecular flexibility index (Phi) is 5.91. The lowest BCUT2D eigenvalue weighted by molar-refractivity contribution is 0.0723. The van der Waals surface area contributed by atoms with Gasteiger partial charge in [-0.25, -0.2) is 0 Å². The minimum Gasteiger partial charge on any atom is -0.339 e. The molecule has 0 radical (unpaired) electrons. The maximum Gasteiger partial charge on any atom is 0.274 e. The van der Waals surface area contributed by atoms with E-state index in [4.69, 9.17) is 0 Å². The minimum atomic E-state index is -0.370. The first-order valence-electron chi connectivity index (χ1n) is 10.1. The van der Waals surface area contributed by atoms with Crippen molar-refractivity contribution in [2.24, 2.45) is 7.05 Å². The van der Waals surface area contributed by atoms with Gasteiger partial charge >= 0.3 is 0 Å². The highest BCUT2D eigenvalue weighted by Crippen LogP contribution is 2.22. The smallest absolute Gasteiger partial charge is 0.274 e. The zero-order chi connectivity index (χ0) is 21.2. The van der Waals surface area contributed by atoms with Gasteiger partial charge in [0.25, 0.3) is 17.4 Å². The van der Waals surface area contributed by atoms with E-state index in [1.54, 1.807) is 24.1 Å². The van der Waals surface area contributed by atoms with Gasteiger partial charge in [0, 0.05) is 31.9 Å². The van der Waals surface area contributed by atoms with Crippen molar-refractivity contribution in [3.63, 3.8) is 0 Å². The van der Waals surface area contributed by atoms with E-state index >= 15 is 0 Å². The first kappa shape index (κ1) is 20.8. The Balaban J connectivity index is 1.83. The lowest BCUT2D eigenvalue weighted by atomic mass is 9.87. The normalized spacial score (nSPS) is 14.6. The summed E-state index contributed by atoms with van der Waals surface area (Å²) in [6.07, 6.45) is 4.65. The third-order valence-electron chi connectivity index (χ3n) is 5.33. The van der Waals surface area contributed by atoms with Gasteiger partial charge in [0.05, 0.1) is 5.56 Å². The lowest BCUT2D eigenvalue weighted by Crippen LogP contribution is -2.36. The molecule has 0 atom stereocenters. The third kappa shape index (κ3) is 4.75. The number of aryl methyl sites for hydroxylation is 1. The fourth-order valence-corrected chi connectivity index (χ4v) is 3.51. The number of nitrogens with zero attached hydrogens (tertiary/aromatic N) is 2. The predicted octanol–water partition coefficient (Wildman–Crippen LogP) is 3.56. The monoisotopic (exact) mass is 395 g/mol. The van der Waals surface area contributed by atoms with Gasteiger partial charge in [-0.2, -0.15) is 0 Å². The number of hydrogen-bond donors (Lipinski definition) is 1. The molecule has 1 N–H and O–H groups in total. The molecular weight excluding hydrogens is 366 g/mol. The predicted molar refractivity (Wildman–Crippen MR) is 115 cm³/mol. The molecule has 6 heteroatoms. The van der Waals surface area contributed by atoms with Gasteiger partial charge in [0.2, 0.25) is 0 Å². The molecule has 0 bridgehead atoms. The number of piperidine rings is 1. The van der Waals surface area contributed by atoms with Crippen LogP contribution >= 0.6 is 0 Å². The summed E-state index contributed by atoms with van der Waals surface area (Å²) >= 11 is 0. The molecule has 1 aliphatic rings. The Morgan fingerprint density at radius 1 is 0.966 bits per heavy atom. The highest BCUT2D eigenvalue weighted by atomic mass is 16.2. The van der Waals surface area contributed by atoms with Crippen LogP contribution in [0.5, 0.6) is 0 Å². The molecule has 1 aromatic carbocycles. The number of likely N-dealkylation sites (tertiary alicyclic amines) is 1. The summed E-state index contributed by atoms with van der Waals surface area (Å²) in [6, 6.07) is 8.83. The minimum absolute atomic E-state index is 0.00586. The van der Waals surface area contributed by atoms with Crippen molar-refractivity contribution < 1.29 is 9.59 Å². The van der Waals surface area contributed by atoms with Crippen molar-refractivity contribution in [3.8, 4) is 0 Å². The molecule has 1 aromatic heterocycles. The van der Waals surface area contributed by atoms with Crippen LogP contribution in [-0.2, 0) is 12.5 Å². The Morgan fingerprint density at radius 2 is 1.59 bits per heavy atom.